The smallest absolute Gasteiger partial charge is 0.141 e. The Morgan fingerprint density at radius 2 is 2.25 bits per heavy atom. The minimum atomic E-state index is -0.799. The third-order valence-electron chi connectivity index (χ3n) is 2.20. The van der Waals surface area contributed by atoms with E-state index in [1.165, 1.54) is 12.8 Å². The van der Waals surface area contributed by atoms with Gasteiger partial charge in [-0.2, -0.15) is 0 Å². The zero-order valence-corrected chi connectivity index (χ0v) is 7.68. The molecule has 0 radical (unpaired) electrons. The maximum atomic E-state index is 12.9. The van der Waals surface area contributed by atoms with E-state index in [1.54, 1.807) is 0 Å². The Bertz CT molecular complexity index is 121. The molecule has 2 nitrogen and oxygen atoms in total. The molecular weight excluding hydrogens is 157 g/mol. The molecule has 1 N–H and O–H groups in total. The van der Waals surface area contributed by atoms with Crippen molar-refractivity contribution in [2.75, 3.05) is 19.8 Å². The Morgan fingerprint density at radius 1 is 1.42 bits per heavy atom. The SMILES string of the molecule is CCCCCN[C@@H]1COC[C@H]1F. The Hall–Kier alpha value is -0.150. The lowest BCUT2D eigenvalue weighted by atomic mass is 10.2. The molecule has 0 amide bonds. The second-order valence-corrected chi connectivity index (χ2v) is 3.32. The van der Waals surface area contributed by atoms with E-state index in [9.17, 15) is 4.39 Å². The molecule has 0 aromatic rings. The molecule has 2 atom stereocenters. The topological polar surface area (TPSA) is 21.3 Å². The second kappa shape index (κ2) is 5.49. The van der Waals surface area contributed by atoms with Crippen molar-refractivity contribution < 1.29 is 9.13 Å². The van der Waals surface area contributed by atoms with Crippen LogP contribution in [0.2, 0.25) is 0 Å². The van der Waals surface area contributed by atoms with Crippen LogP contribution >= 0.6 is 0 Å². The van der Waals surface area contributed by atoms with Crippen molar-refractivity contribution in [2.45, 2.75) is 38.4 Å². The maximum absolute atomic E-state index is 12.9. The monoisotopic (exact) mass is 175 g/mol. The van der Waals surface area contributed by atoms with Gasteiger partial charge < -0.3 is 10.1 Å². The number of halogens is 1. The van der Waals surface area contributed by atoms with E-state index in [4.69, 9.17) is 4.74 Å². The van der Waals surface area contributed by atoms with E-state index >= 15 is 0 Å². The first-order valence-corrected chi connectivity index (χ1v) is 4.79. The molecule has 1 rings (SSSR count). The number of unbranched alkanes of at least 4 members (excludes halogenated alkanes) is 2. The molecule has 72 valence electrons. The van der Waals surface area contributed by atoms with Gasteiger partial charge in [0.25, 0.3) is 0 Å². The highest BCUT2D eigenvalue weighted by Crippen LogP contribution is 2.09. The zero-order chi connectivity index (χ0) is 8.81. The van der Waals surface area contributed by atoms with Crippen LogP contribution in [0.15, 0.2) is 0 Å². The molecule has 0 spiro atoms. The van der Waals surface area contributed by atoms with Crippen molar-refractivity contribution in [1.82, 2.24) is 5.32 Å². The summed E-state index contributed by atoms with van der Waals surface area (Å²) in [5.41, 5.74) is 0. The molecule has 0 aromatic carbocycles. The van der Waals surface area contributed by atoms with Gasteiger partial charge in [-0.1, -0.05) is 19.8 Å². The van der Waals surface area contributed by atoms with Crippen LogP contribution in [0.1, 0.15) is 26.2 Å². The number of ether oxygens (including phenoxy) is 1. The Kier molecular flexibility index (Phi) is 4.54. The standard InChI is InChI=1S/C9H18FNO/c1-2-3-4-5-11-9-7-12-6-8(9)10/h8-9,11H,2-7H2,1H3/t8-,9-/m1/s1. The fourth-order valence-corrected chi connectivity index (χ4v) is 1.38. The molecule has 0 saturated carbocycles. The Labute approximate surface area is 73.5 Å². The summed E-state index contributed by atoms with van der Waals surface area (Å²) < 4.78 is 17.9. The maximum Gasteiger partial charge on any atom is 0.141 e. The highest BCUT2D eigenvalue weighted by atomic mass is 19.1. The van der Waals surface area contributed by atoms with Gasteiger partial charge in [0.15, 0.2) is 0 Å². The minimum Gasteiger partial charge on any atom is -0.377 e. The van der Waals surface area contributed by atoms with Crippen LogP contribution in [0.3, 0.4) is 0 Å². The molecule has 12 heavy (non-hydrogen) atoms. The number of alkyl halides is 1. The van der Waals surface area contributed by atoms with Gasteiger partial charge in [0.2, 0.25) is 0 Å². The van der Waals surface area contributed by atoms with E-state index in [0.29, 0.717) is 6.61 Å². The van der Waals surface area contributed by atoms with Crippen LogP contribution in [0, 0.1) is 0 Å². The lowest BCUT2D eigenvalue weighted by Crippen LogP contribution is -2.37. The number of nitrogens with one attached hydrogen (secondary N) is 1. The van der Waals surface area contributed by atoms with Gasteiger partial charge in [-0.15, -0.1) is 0 Å². The molecule has 0 unspecified atom stereocenters. The molecule has 0 aliphatic carbocycles. The van der Waals surface area contributed by atoms with Gasteiger partial charge in [0, 0.05) is 0 Å². The first-order valence-electron chi connectivity index (χ1n) is 4.79. The Balaban J connectivity index is 1.98. The average Bonchev–Trinajstić information content (AvgIpc) is 2.46. The van der Waals surface area contributed by atoms with Gasteiger partial charge in [-0.05, 0) is 13.0 Å². The fourth-order valence-electron chi connectivity index (χ4n) is 1.38. The summed E-state index contributed by atoms with van der Waals surface area (Å²) in [4.78, 5) is 0. The van der Waals surface area contributed by atoms with Gasteiger partial charge in [0.05, 0.1) is 19.3 Å². The predicted octanol–water partition coefficient (Wildman–Crippen LogP) is 1.50. The summed E-state index contributed by atoms with van der Waals surface area (Å²) in [5, 5.41) is 3.17. The molecule has 1 aliphatic rings. The summed E-state index contributed by atoms with van der Waals surface area (Å²) in [6.07, 6.45) is 2.77. The average molecular weight is 175 g/mol. The van der Waals surface area contributed by atoms with Crippen LogP contribution in [0.5, 0.6) is 0 Å². The molecule has 0 bridgehead atoms. The van der Waals surface area contributed by atoms with Crippen LogP contribution in [-0.4, -0.2) is 32.0 Å². The molecule has 1 aliphatic heterocycles. The number of rotatable bonds is 5. The van der Waals surface area contributed by atoms with Crippen molar-refractivity contribution in [3.05, 3.63) is 0 Å². The second-order valence-electron chi connectivity index (χ2n) is 3.32. The third kappa shape index (κ3) is 3.07. The zero-order valence-electron chi connectivity index (χ0n) is 7.68. The molecule has 1 saturated heterocycles. The van der Waals surface area contributed by atoms with E-state index in [2.05, 4.69) is 12.2 Å². The van der Waals surface area contributed by atoms with Crippen LogP contribution in [0.4, 0.5) is 4.39 Å². The van der Waals surface area contributed by atoms with Crippen LogP contribution in [-0.2, 0) is 4.74 Å². The predicted molar refractivity (Wildman–Crippen MR) is 47.0 cm³/mol. The molecule has 0 aromatic heterocycles. The van der Waals surface area contributed by atoms with E-state index in [0.717, 1.165) is 13.0 Å². The molecule has 1 fully saturated rings. The molecule has 3 heteroatoms. The van der Waals surface area contributed by atoms with Crippen molar-refractivity contribution >= 4 is 0 Å². The van der Waals surface area contributed by atoms with E-state index < -0.39 is 6.17 Å². The van der Waals surface area contributed by atoms with E-state index in [-0.39, 0.29) is 12.6 Å². The lowest BCUT2D eigenvalue weighted by Gasteiger charge is -2.12. The van der Waals surface area contributed by atoms with Crippen molar-refractivity contribution in [1.29, 1.82) is 0 Å². The van der Waals surface area contributed by atoms with Crippen LogP contribution in [0.25, 0.3) is 0 Å². The highest BCUT2D eigenvalue weighted by molar-refractivity contribution is 4.80. The van der Waals surface area contributed by atoms with Crippen molar-refractivity contribution in [3.8, 4) is 0 Å². The number of hydrogen-bond donors (Lipinski definition) is 1. The van der Waals surface area contributed by atoms with Gasteiger partial charge in [-0.3, -0.25) is 0 Å². The summed E-state index contributed by atoms with van der Waals surface area (Å²) in [7, 11) is 0. The lowest BCUT2D eigenvalue weighted by molar-refractivity contribution is 0.172. The first kappa shape index (κ1) is 9.93. The Morgan fingerprint density at radius 3 is 2.83 bits per heavy atom. The third-order valence-corrected chi connectivity index (χ3v) is 2.20. The summed E-state index contributed by atoms with van der Waals surface area (Å²) >= 11 is 0. The number of hydrogen-bond acceptors (Lipinski definition) is 2. The quantitative estimate of drug-likeness (QED) is 0.639. The van der Waals surface area contributed by atoms with Crippen LogP contribution < -0.4 is 5.32 Å². The summed E-state index contributed by atoms with van der Waals surface area (Å²) in [6.45, 7) is 3.89. The first-order chi connectivity index (χ1) is 5.84. The molecular formula is C9H18FNO. The largest absolute Gasteiger partial charge is 0.377 e. The van der Waals surface area contributed by atoms with Gasteiger partial charge in [0.1, 0.15) is 6.17 Å². The van der Waals surface area contributed by atoms with Crippen molar-refractivity contribution in [3.63, 3.8) is 0 Å². The molecule has 1 heterocycles. The summed E-state index contributed by atoms with van der Waals surface area (Å²) in [6, 6.07) is -0.0538. The van der Waals surface area contributed by atoms with Crippen molar-refractivity contribution in [2.24, 2.45) is 0 Å². The fraction of sp³-hybridized carbons (Fsp3) is 1.00. The normalized spacial score (nSPS) is 29.5. The minimum absolute atomic E-state index is 0.0538. The van der Waals surface area contributed by atoms with Gasteiger partial charge in [-0.25, -0.2) is 4.39 Å². The van der Waals surface area contributed by atoms with Gasteiger partial charge >= 0.3 is 0 Å². The van der Waals surface area contributed by atoms with E-state index in [1.807, 2.05) is 0 Å². The summed E-state index contributed by atoms with van der Waals surface area (Å²) in [5.74, 6) is 0. The highest BCUT2D eigenvalue weighted by Gasteiger charge is 2.26.